The zero-order chi connectivity index (χ0) is 22.0. The molecule has 158 valence electrons. The van der Waals surface area contributed by atoms with Crippen molar-refractivity contribution in [2.24, 2.45) is 11.7 Å². The van der Waals surface area contributed by atoms with Crippen molar-refractivity contribution >= 4 is 35.3 Å². The Labute approximate surface area is 168 Å². The molecule has 4 N–H and O–H groups in total. The highest BCUT2D eigenvalue weighted by Crippen LogP contribution is 2.18. The van der Waals surface area contributed by atoms with Crippen molar-refractivity contribution in [1.82, 2.24) is 5.32 Å². The molecule has 0 aliphatic heterocycles. The Morgan fingerprint density at radius 3 is 2.21 bits per heavy atom. The van der Waals surface area contributed by atoms with E-state index in [1.165, 1.54) is 19.1 Å². The number of ether oxygens (including phenoxy) is 2. The van der Waals surface area contributed by atoms with Gasteiger partial charge >= 0.3 is 11.9 Å². The van der Waals surface area contributed by atoms with Crippen LogP contribution in [0.1, 0.15) is 37.6 Å². The van der Waals surface area contributed by atoms with Crippen LogP contribution in [0.25, 0.3) is 0 Å². The number of anilines is 1. The first-order valence-corrected chi connectivity index (χ1v) is 9.00. The molecule has 0 unspecified atom stereocenters. The number of amides is 3. The number of rotatable bonds is 10. The molecule has 1 rings (SSSR count). The number of para-hydroxylation sites is 1. The highest BCUT2D eigenvalue weighted by Gasteiger charge is 2.37. The van der Waals surface area contributed by atoms with Crippen molar-refractivity contribution in [1.29, 1.82) is 0 Å². The van der Waals surface area contributed by atoms with E-state index in [4.69, 9.17) is 15.2 Å². The second kappa shape index (κ2) is 11.4. The van der Waals surface area contributed by atoms with Gasteiger partial charge in [0.05, 0.1) is 36.8 Å². The summed E-state index contributed by atoms with van der Waals surface area (Å²) in [6, 6.07) is 4.55. The van der Waals surface area contributed by atoms with Gasteiger partial charge in [-0.05, 0) is 26.0 Å². The van der Waals surface area contributed by atoms with Gasteiger partial charge in [0.2, 0.25) is 11.8 Å². The molecule has 0 bridgehead atoms. The van der Waals surface area contributed by atoms with Crippen LogP contribution in [0, 0.1) is 5.92 Å². The maximum atomic E-state index is 12.7. The summed E-state index contributed by atoms with van der Waals surface area (Å²) in [5.41, 5.74) is 5.64. The lowest BCUT2D eigenvalue weighted by atomic mass is 9.94. The SMILES string of the molecule is CCOC(=O)C[C@H](C(=O)OCC)[C@H](NC(=O)c1ccccc1NC(C)=O)C(N)=O. The van der Waals surface area contributed by atoms with E-state index in [1.54, 1.807) is 26.0 Å². The van der Waals surface area contributed by atoms with Gasteiger partial charge in [-0.3, -0.25) is 24.0 Å². The lowest BCUT2D eigenvalue weighted by molar-refractivity contribution is -0.156. The normalized spacial score (nSPS) is 12.2. The first kappa shape index (κ1) is 23.6. The molecule has 0 aliphatic rings. The van der Waals surface area contributed by atoms with Crippen molar-refractivity contribution in [3.63, 3.8) is 0 Å². The summed E-state index contributed by atoms with van der Waals surface area (Å²) in [5.74, 6) is -5.19. The molecular formula is C19H25N3O7. The molecule has 3 amide bonds. The quantitative estimate of drug-likeness (QED) is 0.473. The topological polar surface area (TPSA) is 154 Å². The first-order valence-electron chi connectivity index (χ1n) is 9.00. The van der Waals surface area contributed by atoms with E-state index >= 15 is 0 Å². The average Bonchev–Trinajstić information content (AvgIpc) is 2.64. The Bertz CT molecular complexity index is 779. The largest absolute Gasteiger partial charge is 0.466 e. The third-order valence-corrected chi connectivity index (χ3v) is 3.76. The highest BCUT2D eigenvalue weighted by molar-refractivity contribution is 6.05. The number of nitrogens with two attached hydrogens (primary N) is 1. The number of carbonyl (C=O) groups excluding carboxylic acids is 5. The van der Waals surface area contributed by atoms with E-state index in [9.17, 15) is 24.0 Å². The minimum absolute atomic E-state index is 0.00293. The Morgan fingerprint density at radius 1 is 1.03 bits per heavy atom. The van der Waals surface area contributed by atoms with Crippen LogP contribution in [-0.4, -0.2) is 48.9 Å². The molecule has 0 saturated carbocycles. The number of esters is 2. The van der Waals surface area contributed by atoms with E-state index in [-0.39, 0.29) is 24.5 Å². The first-order chi connectivity index (χ1) is 13.7. The number of nitrogens with one attached hydrogen (secondary N) is 2. The molecule has 1 aromatic carbocycles. The van der Waals surface area contributed by atoms with E-state index in [2.05, 4.69) is 10.6 Å². The fourth-order valence-corrected chi connectivity index (χ4v) is 2.55. The fourth-order valence-electron chi connectivity index (χ4n) is 2.55. The van der Waals surface area contributed by atoms with Gasteiger partial charge in [-0.15, -0.1) is 0 Å². The van der Waals surface area contributed by atoms with Crippen LogP contribution in [0.2, 0.25) is 0 Å². The molecule has 1 aromatic rings. The van der Waals surface area contributed by atoms with Crippen LogP contribution in [0.3, 0.4) is 0 Å². The van der Waals surface area contributed by atoms with Crippen molar-refractivity contribution in [3.8, 4) is 0 Å². The van der Waals surface area contributed by atoms with Crippen LogP contribution in [0.15, 0.2) is 24.3 Å². The third-order valence-electron chi connectivity index (χ3n) is 3.76. The summed E-state index contributed by atoms with van der Waals surface area (Å²) in [5, 5.41) is 4.86. The minimum Gasteiger partial charge on any atom is -0.466 e. The number of benzene rings is 1. The van der Waals surface area contributed by atoms with Gasteiger partial charge in [0, 0.05) is 6.92 Å². The van der Waals surface area contributed by atoms with Gasteiger partial charge in [-0.2, -0.15) is 0 Å². The maximum Gasteiger partial charge on any atom is 0.312 e. The molecule has 0 aliphatic carbocycles. The van der Waals surface area contributed by atoms with Crippen LogP contribution in [-0.2, 0) is 28.7 Å². The van der Waals surface area contributed by atoms with Gasteiger partial charge in [-0.1, -0.05) is 12.1 Å². The maximum absolute atomic E-state index is 12.7. The Morgan fingerprint density at radius 2 is 1.66 bits per heavy atom. The molecule has 0 fully saturated rings. The molecular weight excluding hydrogens is 382 g/mol. The van der Waals surface area contributed by atoms with Crippen LogP contribution >= 0.6 is 0 Å². The zero-order valence-electron chi connectivity index (χ0n) is 16.5. The Balaban J connectivity index is 3.17. The van der Waals surface area contributed by atoms with Crippen molar-refractivity contribution in [3.05, 3.63) is 29.8 Å². The number of hydrogen-bond acceptors (Lipinski definition) is 7. The monoisotopic (exact) mass is 407 g/mol. The number of hydrogen-bond donors (Lipinski definition) is 3. The average molecular weight is 407 g/mol. The summed E-state index contributed by atoms with van der Waals surface area (Å²) in [7, 11) is 0. The number of carbonyl (C=O) groups is 5. The molecule has 2 atom stereocenters. The standard InChI is InChI=1S/C19H25N3O7/c1-4-28-15(24)10-13(19(27)29-5-2)16(17(20)25)22-18(26)12-8-6-7-9-14(12)21-11(3)23/h6-9,13,16H,4-5,10H2,1-3H3,(H2,20,25)(H,21,23)(H,22,26)/t13-,16-/m0/s1. The van der Waals surface area contributed by atoms with Crippen LogP contribution in [0.4, 0.5) is 5.69 Å². The zero-order valence-corrected chi connectivity index (χ0v) is 16.5. The number of primary amides is 1. The highest BCUT2D eigenvalue weighted by atomic mass is 16.5. The summed E-state index contributed by atoms with van der Waals surface area (Å²) >= 11 is 0. The molecule has 0 aromatic heterocycles. The van der Waals surface area contributed by atoms with Gasteiger partial charge < -0.3 is 25.8 Å². The van der Waals surface area contributed by atoms with E-state index in [0.717, 1.165) is 0 Å². The third kappa shape index (κ3) is 7.24. The molecule has 29 heavy (non-hydrogen) atoms. The van der Waals surface area contributed by atoms with Crippen LogP contribution in [0.5, 0.6) is 0 Å². The van der Waals surface area contributed by atoms with Gasteiger partial charge in [0.15, 0.2) is 0 Å². The molecule has 10 heteroatoms. The summed E-state index contributed by atoms with van der Waals surface area (Å²) in [6.45, 7) is 4.50. The lowest BCUT2D eigenvalue weighted by Crippen LogP contribution is -2.52. The predicted molar refractivity (Wildman–Crippen MR) is 103 cm³/mol. The fraction of sp³-hybridized carbons (Fsp3) is 0.421. The predicted octanol–water partition coefficient (Wildman–Crippen LogP) is 0.361. The van der Waals surface area contributed by atoms with Crippen LogP contribution < -0.4 is 16.4 Å². The molecule has 0 saturated heterocycles. The van der Waals surface area contributed by atoms with Crippen molar-refractivity contribution in [2.45, 2.75) is 33.2 Å². The minimum atomic E-state index is -1.53. The van der Waals surface area contributed by atoms with E-state index in [0.29, 0.717) is 0 Å². The van der Waals surface area contributed by atoms with E-state index in [1.807, 2.05) is 0 Å². The van der Waals surface area contributed by atoms with Crippen molar-refractivity contribution < 1.29 is 33.4 Å². The Kier molecular flexibility index (Phi) is 9.30. The van der Waals surface area contributed by atoms with E-state index < -0.39 is 48.0 Å². The van der Waals surface area contributed by atoms with Gasteiger partial charge in [0.1, 0.15) is 6.04 Å². The summed E-state index contributed by atoms with van der Waals surface area (Å²) < 4.78 is 9.74. The molecule has 0 radical (unpaired) electrons. The van der Waals surface area contributed by atoms with Gasteiger partial charge in [0.25, 0.3) is 5.91 Å². The second-order valence-corrected chi connectivity index (χ2v) is 5.95. The molecule has 0 spiro atoms. The smallest absolute Gasteiger partial charge is 0.312 e. The second-order valence-electron chi connectivity index (χ2n) is 5.95. The summed E-state index contributed by atoms with van der Waals surface area (Å²) in [4.78, 5) is 60.2. The lowest BCUT2D eigenvalue weighted by Gasteiger charge is -2.24. The van der Waals surface area contributed by atoms with Crippen molar-refractivity contribution in [2.75, 3.05) is 18.5 Å². The van der Waals surface area contributed by atoms with Gasteiger partial charge in [-0.25, -0.2) is 0 Å². The Hall–Kier alpha value is -3.43. The molecule has 10 nitrogen and oxygen atoms in total. The summed E-state index contributed by atoms with van der Waals surface area (Å²) in [6.07, 6.45) is -0.506. The molecule has 0 heterocycles.